The van der Waals surface area contributed by atoms with Crippen molar-refractivity contribution < 1.29 is 18.0 Å². The van der Waals surface area contributed by atoms with Crippen molar-refractivity contribution in [2.24, 2.45) is 0 Å². The molecule has 138 valence electrons. The molecule has 1 N–H and O–H groups in total. The summed E-state index contributed by atoms with van der Waals surface area (Å²) in [6, 6.07) is 3.87. The van der Waals surface area contributed by atoms with Gasteiger partial charge in [-0.3, -0.25) is 9.59 Å². The SMILES string of the molecule is CC(C)N1C(=O)c2ccc(C(=O)N3CCNC[C@H]3C)cc2S1(=O)=O.Cl. The minimum atomic E-state index is -3.89. The molecule has 2 amide bonds. The van der Waals surface area contributed by atoms with Crippen LogP contribution in [0.5, 0.6) is 0 Å². The van der Waals surface area contributed by atoms with Gasteiger partial charge in [-0.05, 0) is 39.0 Å². The van der Waals surface area contributed by atoms with Gasteiger partial charge in [0.15, 0.2) is 0 Å². The third-order valence-electron chi connectivity index (χ3n) is 4.43. The van der Waals surface area contributed by atoms with Crippen LogP contribution in [0.1, 0.15) is 41.5 Å². The summed E-state index contributed by atoms with van der Waals surface area (Å²) < 4.78 is 26.1. The van der Waals surface area contributed by atoms with Crippen LogP contribution in [0.2, 0.25) is 0 Å². The summed E-state index contributed by atoms with van der Waals surface area (Å²) in [4.78, 5) is 26.7. The van der Waals surface area contributed by atoms with Gasteiger partial charge in [0.2, 0.25) is 0 Å². The number of rotatable bonds is 2. The van der Waals surface area contributed by atoms with Gasteiger partial charge in [-0.2, -0.15) is 0 Å². The van der Waals surface area contributed by atoms with Crippen LogP contribution in [0.25, 0.3) is 0 Å². The first-order valence-electron chi connectivity index (χ1n) is 7.99. The van der Waals surface area contributed by atoms with Crippen LogP contribution < -0.4 is 5.32 Å². The van der Waals surface area contributed by atoms with Crippen molar-refractivity contribution in [2.75, 3.05) is 19.6 Å². The highest BCUT2D eigenvalue weighted by Gasteiger charge is 2.43. The fourth-order valence-corrected chi connectivity index (χ4v) is 4.99. The van der Waals surface area contributed by atoms with E-state index in [9.17, 15) is 18.0 Å². The molecule has 0 saturated carbocycles. The number of hydrogen-bond acceptors (Lipinski definition) is 5. The van der Waals surface area contributed by atoms with E-state index in [1.165, 1.54) is 18.2 Å². The van der Waals surface area contributed by atoms with Gasteiger partial charge in [-0.15, -0.1) is 12.4 Å². The zero-order valence-electron chi connectivity index (χ0n) is 14.4. The molecule has 1 saturated heterocycles. The predicted molar refractivity (Wildman–Crippen MR) is 95.5 cm³/mol. The average Bonchev–Trinajstić information content (AvgIpc) is 2.73. The average molecular weight is 388 g/mol. The molecule has 1 aromatic rings. The molecule has 3 rings (SSSR count). The topological polar surface area (TPSA) is 86.8 Å². The molecule has 2 heterocycles. The molecule has 0 bridgehead atoms. The quantitative estimate of drug-likeness (QED) is 0.821. The Kier molecular flexibility index (Phi) is 5.46. The zero-order chi connectivity index (χ0) is 17.6. The van der Waals surface area contributed by atoms with Crippen molar-refractivity contribution in [3.8, 4) is 0 Å². The second-order valence-corrected chi connectivity index (χ2v) is 8.25. The number of fused-ring (bicyclic) bond motifs is 1. The Morgan fingerprint density at radius 3 is 2.60 bits per heavy atom. The van der Waals surface area contributed by atoms with Gasteiger partial charge >= 0.3 is 0 Å². The highest BCUT2D eigenvalue weighted by atomic mass is 35.5. The molecule has 1 fully saturated rings. The molecule has 0 aliphatic carbocycles. The lowest BCUT2D eigenvalue weighted by atomic mass is 10.1. The molecule has 0 spiro atoms. The molecule has 9 heteroatoms. The monoisotopic (exact) mass is 387 g/mol. The number of benzene rings is 1. The first kappa shape index (κ1) is 19.7. The van der Waals surface area contributed by atoms with Gasteiger partial charge in [0.25, 0.3) is 21.8 Å². The number of carbonyl (C=O) groups excluding carboxylic acids is 2. The van der Waals surface area contributed by atoms with Crippen LogP contribution >= 0.6 is 12.4 Å². The van der Waals surface area contributed by atoms with E-state index in [0.29, 0.717) is 25.2 Å². The van der Waals surface area contributed by atoms with E-state index in [4.69, 9.17) is 0 Å². The van der Waals surface area contributed by atoms with E-state index in [-0.39, 0.29) is 34.8 Å². The summed E-state index contributed by atoms with van der Waals surface area (Å²) >= 11 is 0. The fourth-order valence-electron chi connectivity index (χ4n) is 3.20. The van der Waals surface area contributed by atoms with Gasteiger partial charge in [-0.25, -0.2) is 12.7 Å². The van der Waals surface area contributed by atoms with Crippen LogP contribution in [0.3, 0.4) is 0 Å². The van der Waals surface area contributed by atoms with Crippen LogP contribution in [-0.4, -0.2) is 61.2 Å². The fraction of sp³-hybridized carbons (Fsp3) is 0.500. The molecule has 2 aliphatic heterocycles. The van der Waals surface area contributed by atoms with E-state index in [1.54, 1.807) is 18.7 Å². The van der Waals surface area contributed by atoms with E-state index in [1.807, 2.05) is 6.92 Å². The summed E-state index contributed by atoms with van der Waals surface area (Å²) in [5.74, 6) is -0.744. The van der Waals surface area contributed by atoms with Crippen molar-refractivity contribution in [1.82, 2.24) is 14.5 Å². The number of halogens is 1. The normalized spacial score (nSPS) is 21.9. The van der Waals surface area contributed by atoms with Crippen LogP contribution in [0, 0.1) is 0 Å². The van der Waals surface area contributed by atoms with E-state index < -0.39 is 22.0 Å². The molecule has 2 aliphatic rings. The second-order valence-electron chi connectivity index (χ2n) is 6.46. The maximum absolute atomic E-state index is 12.7. The van der Waals surface area contributed by atoms with Crippen LogP contribution in [-0.2, 0) is 10.0 Å². The maximum Gasteiger partial charge on any atom is 0.269 e. The molecular formula is C16H22ClN3O4S. The summed E-state index contributed by atoms with van der Waals surface area (Å²) in [5.41, 5.74) is 0.429. The standard InChI is InChI=1S/C16H21N3O4S.ClH/c1-10(2)19-16(21)13-5-4-12(8-14(13)24(19,22)23)15(20)18-7-6-17-9-11(18)3;/h4-5,8,10-11,17H,6-7,9H2,1-3H3;1H/t11-;/m1./s1. The van der Waals surface area contributed by atoms with Crippen molar-refractivity contribution in [3.05, 3.63) is 29.3 Å². The summed E-state index contributed by atoms with van der Waals surface area (Å²) in [5, 5.41) is 3.21. The number of nitrogens with zero attached hydrogens (tertiary/aromatic N) is 2. The second kappa shape index (κ2) is 6.93. The van der Waals surface area contributed by atoms with Crippen LogP contribution in [0.15, 0.2) is 23.1 Å². The lowest BCUT2D eigenvalue weighted by molar-refractivity contribution is 0.0655. The molecular weight excluding hydrogens is 366 g/mol. The minimum Gasteiger partial charge on any atom is -0.333 e. The molecule has 0 unspecified atom stereocenters. The highest BCUT2D eigenvalue weighted by Crippen LogP contribution is 2.32. The van der Waals surface area contributed by atoms with Crippen molar-refractivity contribution >= 4 is 34.2 Å². The van der Waals surface area contributed by atoms with Gasteiger partial charge in [0.05, 0.1) is 5.56 Å². The Hall–Kier alpha value is -1.64. The first-order chi connectivity index (χ1) is 11.2. The largest absolute Gasteiger partial charge is 0.333 e. The molecule has 25 heavy (non-hydrogen) atoms. The van der Waals surface area contributed by atoms with Crippen molar-refractivity contribution in [1.29, 1.82) is 0 Å². The van der Waals surface area contributed by atoms with Crippen molar-refractivity contribution in [3.63, 3.8) is 0 Å². The summed E-state index contributed by atoms with van der Waals surface area (Å²) in [7, 11) is -3.89. The Labute approximate surface area is 153 Å². The lowest BCUT2D eigenvalue weighted by Crippen LogP contribution is -2.52. The molecule has 1 atom stereocenters. The highest BCUT2D eigenvalue weighted by molar-refractivity contribution is 7.90. The van der Waals surface area contributed by atoms with Gasteiger partial charge in [-0.1, -0.05) is 0 Å². The summed E-state index contributed by atoms with van der Waals surface area (Å²) in [6.07, 6.45) is 0. The third-order valence-corrected chi connectivity index (χ3v) is 6.43. The van der Waals surface area contributed by atoms with Gasteiger partial charge in [0.1, 0.15) is 4.90 Å². The minimum absolute atomic E-state index is 0. The van der Waals surface area contributed by atoms with E-state index >= 15 is 0 Å². The Bertz CT molecular complexity index is 810. The number of amides is 2. The predicted octanol–water partition coefficient (Wildman–Crippen LogP) is 1.10. The van der Waals surface area contributed by atoms with E-state index in [0.717, 1.165) is 4.31 Å². The Morgan fingerprint density at radius 2 is 2.00 bits per heavy atom. The van der Waals surface area contributed by atoms with Gasteiger partial charge in [0, 0.05) is 37.3 Å². The van der Waals surface area contributed by atoms with Crippen molar-refractivity contribution in [2.45, 2.75) is 37.8 Å². The zero-order valence-corrected chi connectivity index (χ0v) is 16.0. The smallest absolute Gasteiger partial charge is 0.269 e. The van der Waals surface area contributed by atoms with Crippen LogP contribution in [0.4, 0.5) is 0 Å². The maximum atomic E-state index is 12.7. The number of sulfonamides is 1. The van der Waals surface area contributed by atoms with Gasteiger partial charge < -0.3 is 10.2 Å². The Morgan fingerprint density at radius 1 is 1.32 bits per heavy atom. The molecule has 0 aromatic heterocycles. The molecule has 0 radical (unpaired) electrons. The number of carbonyl (C=O) groups is 2. The first-order valence-corrected chi connectivity index (χ1v) is 9.43. The number of nitrogens with one attached hydrogen (secondary N) is 1. The molecule has 7 nitrogen and oxygen atoms in total. The van der Waals surface area contributed by atoms with E-state index in [2.05, 4.69) is 5.32 Å². The number of hydrogen-bond donors (Lipinski definition) is 1. The lowest BCUT2D eigenvalue weighted by Gasteiger charge is -2.34. The molecule has 1 aromatic carbocycles. The Balaban J connectivity index is 0.00000225. The number of piperazine rings is 1. The third kappa shape index (κ3) is 3.14. The summed E-state index contributed by atoms with van der Waals surface area (Å²) in [6.45, 7) is 7.22.